The smallest absolute Gasteiger partial charge is 0.119 e. The van der Waals surface area contributed by atoms with Crippen LogP contribution in [0.15, 0.2) is 28.2 Å². The Labute approximate surface area is 132 Å². The van der Waals surface area contributed by atoms with Crippen molar-refractivity contribution in [3.05, 3.63) is 23.2 Å². The van der Waals surface area contributed by atoms with Gasteiger partial charge >= 0.3 is 0 Å². The highest BCUT2D eigenvalue weighted by atomic mass is 16.6. The molecule has 2 heterocycles. The van der Waals surface area contributed by atoms with Crippen LogP contribution in [0.25, 0.3) is 0 Å². The number of ether oxygens (including phenoxy) is 1. The normalized spacial score (nSPS) is 26.8. The van der Waals surface area contributed by atoms with Crippen molar-refractivity contribution in [3.8, 4) is 0 Å². The molecule has 7 nitrogen and oxygen atoms in total. The lowest BCUT2D eigenvalue weighted by Gasteiger charge is -2.31. The number of allylic oxidation sites excluding steroid dienone is 1. The zero-order valence-corrected chi connectivity index (χ0v) is 13.8. The molecule has 124 valence electrons. The summed E-state index contributed by atoms with van der Waals surface area (Å²) in [4.78, 5) is 12.0. The molecule has 1 fully saturated rings. The van der Waals surface area contributed by atoms with E-state index >= 15 is 0 Å². The molecule has 0 aromatic heterocycles. The van der Waals surface area contributed by atoms with Crippen LogP contribution in [0, 0.1) is 0 Å². The van der Waals surface area contributed by atoms with Gasteiger partial charge in [0.15, 0.2) is 0 Å². The summed E-state index contributed by atoms with van der Waals surface area (Å²) in [5.41, 5.74) is 3.80. The van der Waals surface area contributed by atoms with E-state index in [1.165, 1.54) is 0 Å². The molecular formula is C15H27N5O2. The predicted octanol–water partition coefficient (Wildman–Crippen LogP) is 0.193. The Kier molecular flexibility index (Phi) is 6.23. The van der Waals surface area contributed by atoms with Gasteiger partial charge in [0.1, 0.15) is 11.6 Å². The van der Waals surface area contributed by atoms with Crippen LogP contribution >= 0.6 is 0 Å². The highest BCUT2D eigenvalue weighted by Crippen LogP contribution is 2.15. The molecule has 0 aromatic carbocycles. The molecule has 3 N–H and O–H groups in total. The van der Waals surface area contributed by atoms with Gasteiger partial charge in [-0.2, -0.15) is 5.48 Å². The number of hydroxylamine groups is 1. The second-order valence-electron chi connectivity index (χ2n) is 5.64. The lowest BCUT2D eigenvalue weighted by Crippen LogP contribution is -2.46. The lowest BCUT2D eigenvalue weighted by molar-refractivity contribution is -0.0171. The highest BCUT2D eigenvalue weighted by Gasteiger charge is 2.20. The third kappa shape index (κ3) is 4.72. The number of morpholine rings is 1. The van der Waals surface area contributed by atoms with Gasteiger partial charge < -0.3 is 25.1 Å². The zero-order chi connectivity index (χ0) is 15.9. The Morgan fingerprint density at radius 1 is 1.64 bits per heavy atom. The first kappa shape index (κ1) is 16.8. The SMILES string of the molecule is CNO/C(C)=C/C1N=CNC(NCC2CN(C)CCO2)=C1C. The standard InChI is InChI=1S/C15H27N5O2/c1-11(22-16-3)7-14-12(2)15(19-10-18-14)17-8-13-9-20(4)5-6-21-13/h7,10,13-14,16-17H,5-6,8-9H2,1-4H3,(H,18,19)/b11-7+. The predicted molar refractivity (Wildman–Crippen MR) is 87.3 cm³/mol. The first-order valence-electron chi connectivity index (χ1n) is 7.65. The fourth-order valence-corrected chi connectivity index (χ4v) is 2.54. The second-order valence-corrected chi connectivity index (χ2v) is 5.64. The van der Waals surface area contributed by atoms with Crippen LogP contribution < -0.4 is 16.1 Å². The molecule has 1 saturated heterocycles. The third-order valence-electron chi connectivity index (χ3n) is 3.79. The van der Waals surface area contributed by atoms with Crippen LogP contribution in [0.3, 0.4) is 0 Å². The van der Waals surface area contributed by atoms with Gasteiger partial charge in [0.05, 0.1) is 25.1 Å². The van der Waals surface area contributed by atoms with Gasteiger partial charge in [0, 0.05) is 26.7 Å². The third-order valence-corrected chi connectivity index (χ3v) is 3.79. The van der Waals surface area contributed by atoms with Crippen LogP contribution in [0.1, 0.15) is 13.8 Å². The number of aliphatic imine (C=N–C) groups is 1. The number of nitrogens with zero attached hydrogens (tertiary/aromatic N) is 2. The van der Waals surface area contributed by atoms with Crippen LogP contribution in [0.2, 0.25) is 0 Å². The maximum atomic E-state index is 5.77. The fourth-order valence-electron chi connectivity index (χ4n) is 2.54. The van der Waals surface area contributed by atoms with E-state index < -0.39 is 0 Å². The van der Waals surface area contributed by atoms with Gasteiger partial charge in [-0.15, -0.1) is 0 Å². The molecule has 0 spiro atoms. The van der Waals surface area contributed by atoms with E-state index in [0.717, 1.165) is 43.4 Å². The zero-order valence-electron chi connectivity index (χ0n) is 13.8. The molecule has 2 atom stereocenters. The Balaban J connectivity index is 1.93. The minimum Gasteiger partial charge on any atom is -0.414 e. The van der Waals surface area contributed by atoms with E-state index in [4.69, 9.17) is 9.57 Å². The summed E-state index contributed by atoms with van der Waals surface area (Å²) in [5.74, 6) is 1.79. The average molecular weight is 309 g/mol. The number of rotatable bonds is 6. The Hall–Kier alpha value is -1.57. The molecule has 2 aliphatic heterocycles. The molecule has 0 aromatic rings. The maximum absolute atomic E-state index is 5.77. The maximum Gasteiger partial charge on any atom is 0.119 e. The molecular weight excluding hydrogens is 282 g/mol. The minimum absolute atomic E-state index is 0.0213. The molecule has 7 heteroatoms. The van der Waals surface area contributed by atoms with E-state index in [9.17, 15) is 0 Å². The summed E-state index contributed by atoms with van der Waals surface area (Å²) in [7, 11) is 3.86. The van der Waals surface area contributed by atoms with Crippen molar-refractivity contribution in [1.29, 1.82) is 0 Å². The van der Waals surface area contributed by atoms with Crippen LogP contribution in [0.5, 0.6) is 0 Å². The number of likely N-dealkylation sites (N-methyl/N-ethyl adjacent to an activating group) is 1. The van der Waals surface area contributed by atoms with Gasteiger partial charge in [-0.25, -0.2) is 0 Å². The first-order chi connectivity index (χ1) is 10.6. The van der Waals surface area contributed by atoms with Crippen LogP contribution in [0.4, 0.5) is 0 Å². The van der Waals surface area contributed by atoms with E-state index in [0.29, 0.717) is 0 Å². The van der Waals surface area contributed by atoms with Gasteiger partial charge in [0.2, 0.25) is 0 Å². The van der Waals surface area contributed by atoms with E-state index in [1.807, 2.05) is 13.0 Å². The average Bonchev–Trinajstić information content (AvgIpc) is 2.48. The molecule has 0 radical (unpaired) electrons. The van der Waals surface area contributed by atoms with E-state index in [-0.39, 0.29) is 12.1 Å². The molecule has 0 saturated carbocycles. The van der Waals surface area contributed by atoms with E-state index in [2.05, 4.69) is 40.0 Å². The van der Waals surface area contributed by atoms with Crippen molar-refractivity contribution in [2.45, 2.75) is 26.0 Å². The van der Waals surface area contributed by atoms with Crippen molar-refractivity contribution in [1.82, 2.24) is 21.0 Å². The number of nitrogens with one attached hydrogen (secondary N) is 3. The molecule has 0 bridgehead atoms. The summed E-state index contributed by atoms with van der Waals surface area (Å²) in [6.45, 7) is 7.49. The number of hydrogen-bond donors (Lipinski definition) is 3. The monoisotopic (exact) mass is 309 g/mol. The fraction of sp³-hybridized carbons (Fsp3) is 0.667. The second kappa shape index (κ2) is 8.17. The summed E-state index contributed by atoms with van der Waals surface area (Å²) in [6.07, 6.45) is 3.91. The van der Waals surface area contributed by atoms with Gasteiger partial charge in [-0.3, -0.25) is 4.99 Å². The van der Waals surface area contributed by atoms with Crippen molar-refractivity contribution in [2.75, 3.05) is 40.3 Å². The van der Waals surface area contributed by atoms with Crippen molar-refractivity contribution < 1.29 is 9.57 Å². The Morgan fingerprint density at radius 2 is 2.45 bits per heavy atom. The van der Waals surface area contributed by atoms with Crippen LogP contribution in [-0.2, 0) is 9.57 Å². The molecule has 22 heavy (non-hydrogen) atoms. The van der Waals surface area contributed by atoms with Gasteiger partial charge in [-0.1, -0.05) is 0 Å². The quantitative estimate of drug-likeness (QED) is 0.481. The van der Waals surface area contributed by atoms with Crippen LogP contribution in [-0.4, -0.2) is 63.7 Å². The minimum atomic E-state index is -0.0213. The van der Waals surface area contributed by atoms with E-state index in [1.54, 1.807) is 13.4 Å². The summed E-state index contributed by atoms with van der Waals surface area (Å²) in [5, 5.41) is 6.61. The molecule has 0 amide bonds. The molecule has 2 aliphatic rings. The highest BCUT2D eigenvalue weighted by molar-refractivity contribution is 5.61. The molecule has 0 aliphatic carbocycles. The van der Waals surface area contributed by atoms with Crippen molar-refractivity contribution in [2.24, 2.45) is 4.99 Å². The van der Waals surface area contributed by atoms with Gasteiger partial charge in [-0.05, 0) is 32.5 Å². The summed E-state index contributed by atoms with van der Waals surface area (Å²) < 4.78 is 5.77. The molecule has 2 unspecified atom stereocenters. The topological polar surface area (TPSA) is 70.2 Å². The van der Waals surface area contributed by atoms with Crippen molar-refractivity contribution >= 4 is 6.34 Å². The van der Waals surface area contributed by atoms with Crippen molar-refractivity contribution in [3.63, 3.8) is 0 Å². The summed E-state index contributed by atoms with van der Waals surface area (Å²) in [6, 6.07) is -0.0213. The van der Waals surface area contributed by atoms with Gasteiger partial charge in [0.25, 0.3) is 0 Å². The Bertz CT molecular complexity index is 461. The summed E-state index contributed by atoms with van der Waals surface area (Å²) >= 11 is 0. The first-order valence-corrected chi connectivity index (χ1v) is 7.65. The largest absolute Gasteiger partial charge is 0.414 e. The Morgan fingerprint density at radius 3 is 3.18 bits per heavy atom. The lowest BCUT2D eigenvalue weighted by atomic mass is 10.1. The number of hydrogen-bond acceptors (Lipinski definition) is 7. The molecule has 2 rings (SSSR count).